The third-order valence-electron chi connectivity index (χ3n) is 2.37. The Morgan fingerprint density at radius 1 is 1.42 bits per heavy atom. The van der Waals surface area contributed by atoms with Crippen LogP contribution in [0.15, 0.2) is 23.1 Å². The predicted molar refractivity (Wildman–Crippen MR) is 72.4 cm³/mol. The van der Waals surface area contributed by atoms with E-state index < -0.39 is 16.1 Å². The molecule has 0 aliphatic heterocycles. The molecule has 0 heterocycles. The van der Waals surface area contributed by atoms with Crippen LogP contribution in [0.4, 0.5) is 5.69 Å². The molecule has 0 saturated carbocycles. The van der Waals surface area contributed by atoms with Gasteiger partial charge >= 0.3 is 0 Å². The van der Waals surface area contributed by atoms with Crippen LogP contribution in [0.2, 0.25) is 0 Å². The van der Waals surface area contributed by atoms with Crippen molar-refractivity contribution < 1.29 is 18.3 Å². The molecule has 0 bridgehead atoms. The Morgan fingerprint density at radius 3 is 2.58 bits per heavy atom. The first kappa shape index (κ1) is 15.6. The first-order chi connectivity index (χ1) is 8.72. The van der Waals surface area contributed by atoms with E-state index in [1.165, 1.54) is 19.9 Å². The van der Waals surface area contributed by atoms with Crippen LogP contribution < -0.4 is 10.0 Å². The minimum absolute atomic E-state index is 0.0634. The summed E-state index contributed by atoms with van der Waals surface area (Å²) in [6.07, 6.45) is -0.770. The van der Waals surface area contributed by atoms with Gasteiger partial charge in [-0.1, -0.05) is 6.07 Å². The SMILES string of the molecule is CC(=O)Nc1ccc(C)c(S(=O)(=O)NC[C@H](C)O)c1. The van der Waals surface area contributed by atoms with E-state index >= 15 is 0 Å². The third-order valence-corrected chi connectivity index (χ3v) is 3.93. The smallest absolute Gasteiger partial charge is 0.240 e. The summed E-state index contributed by atoms with van der Waals surface area (Å²) in [4.78, 5) is 11.0. The first-order valence-electron chi connectivity index (χ1n) is 5.78. The Balaban J connectivity index is 3.07. The van der Waals surface area contributed by atoms with Gasteiger partial charge < -0.3 is 10.4 Å². The number of hydrogen-bond acceptors (Lipinski definition) is 4. The maximum Gasteiger partial charge on any atom is 0.240 e. The second-order valence-corrected chi connectivity index (χ2v) is 6.10. The molecule has 0 fully saturated rings. The predicted octanol–water partition coefficient (Wildman–Crippen LogP) is 0.613. The van der Waals surface area contributed by atoms with E-state index in [4.69, 9.17) is 5.11 Å². The maximum atomic E-state index is 12.1. The fraction of sp³-hybridized carbons (Fsp3) is 0.417. The molecule has 0 aliphatic rings. The molecular formula is C12H18N2O4S. The van der Waals surface area contributed by atoms with Crippen LogP contribution in [-0.2, 0) is 14.8 Å². The van der Waals surface area contributed by atoms with Gasteiger partial charge in [-0.25, -0.2) is 13.1 Å². The second-order valence-electron chi connectivity index (χ2n) is 4.36. The van der Waals surface area contributed by atoms with Gasteiger partial charge in [0.15, 0.2) is 0 Å². The number of aryl methyl sites for hydroxylation is 1. The molecule has 0 saturated heterocycles. The summed E-state index contributed by atoms with van der Waals surface area (Å²) in [5.41, 5.74) is 0.975. The van der Waals surface area contributed by atoms with Crippen molar-refractivity contribution in [2.24, 2.45) is 0 Å². The van der Waals surface area contributed by atoms with Gasteiger partial charge in [0, 0.05) is 19.2 Å². The van der Waals surface area contributed by atoms with E-state index in [1.54, 1.807) is 19.1 Å². The number of sulfonamides is 1. The zero-order chi connectivity index (χ0) is 14.6. The number of aliphatic hydroxyl groups is 1. The number of amides is 1. The minimum Gasteiger partial charge on any atom is -0.392 e. The lowest BCUT2D eigenvalue weighted by molar-refractivity contribution is -0.114. The van der Waals surface area contributed by atoms with E-state index in [-0.39, 0.29) is 17.3 Å². The molecule has 0 aliphatic carbocycles. The molecule has 1 aromatic carbocycles. The van der Waals surface area contributed by atoms with Gasteiger partial charge in [-0.05, 0) is 31.5 Å². The fourth-order valence-electron chi connectivity index (χ4n) is 1.48. The number of rotatable bonds is 5. The van der Waals surface area contributed by atoms with Crippen molar-refractivity contribution in [2.45, 2.75) is 31.8 Å². The largest absolute Gasteiger partial charge is 0.392 e. The van der Waals surface area contributed by atoms with Crippen molar-refractivity contribution in [1.29, 1.82) is 0 Å². The Bertz CT molecular complexity index is 567. The molecule has 1 rings (SSSR count). The van der Waals surface area contributed by atoms with Crippen molar-refractivity contribution in [1.82, 2.24) is 4.72 Å². The zero-order valence-electron chi connectivity index (χ0n) is 11.1. The Kier molecular flexibility index (Phi) is 5.04. The van der Waals surface area contributed by atoms with Crippen LogP contribution in [0, 0.1) is 6.92 Å². The summed E-state index contributed by atoms with van der Waals surface area (Å²) in [6.45, 7) is 4.43. The van der Waals surface area contributed by atoms with Crippen LogP contribution in [0.5, 0.6) is 0 Å². The van der Waals surface area contributed by atoms with E-state index in [2.05, 4.69) is 10.0 Å². The molecule has 0 radical (unpaired) electrons. The third kappa shape index (κ3) is 4.62. The molecule has 1 aromatic rings. The number of hydrogen-bond donors (Lipinski definition) is 3. The minimum atomic E-state index is -3.71. The molecule has 0 aromatic heterocycles. The normalized spacial score (nSPS) is 13.1. The molecule has 6 nitrogen and oxygen atoms in total. The molecule has 19 heavy (non-hydrogen) atoms. The molecule has 7 heteroatoms. The van der Waals surface area contributed by atoms with Crippen molar-refractivity contribution in [3.05, 3.63) is 23.8 Å². The number of carbonyl (C=O) groups is 1. The van der Waals surface area contributed by atoms with Crippen LogP contribution in [-0.4, -0.2) is 32.1 Å². The van der Waals surface area contributed by atoms with E-state index in [1.807, 2.05) is 0 Å². The lowest BCUT2D eigenvalue weighted by Gasteiger charge is -2.12. The molecule has 1 amide bonds. The Hall–Kier alpha value is -1.44. The highest BCUT2D eigenvalue weighted by atomic mass is 32.2. The Morgan fingerprint density at radius 2 is 2.05 bits per heavy atom. The molecule has 1 atom stereocenters. The average Bonchev–Trinajstić information content (AvgIpc) is 2.28. The average molecular weight is 286 g/mol. The van der Waals surface area contributed by atoms with Crippen LogP contribution >= 0.6 is 0 Å². The second kappa shape index (κ2) is 6.14. The highest BCUT2D eigenvalue weighted by Crippen LogP contribution is 2.20. The molecular weight excluding hydrogens is 268 g/mol. The summed E-state index contributed by atoms with van der Waals surface area (Å²) in [6, 6.07) is 4.63. The molecule has 106 valence electrons. The number of nitrogens with one attached hydrogen (secondary N) is 2. The number of benzene rings is 1. The van der Waals surface area contributed by atoms with Gasteiger partial charge in [-0.15, -0.1) is 0 Å². The molecule has 3 N–H and O–H groups in total. The van der Waals surface area contributed by atoms with Gasteiger partial charge in [-0.3, -0.25) is 4.79 Å². The molecule has 0 unspecified atom stereocenters. The Labute approximate surface area is 112 Å². The molecule has 0 spiro atoms. The quantitative estimate of drug-likeness (QED) is 0.739. The lowest BCUT2D eigenvalue weighted by Crippen LogP contribution is -2.31. The standard InChI is InChI=1S/C12H18N2O4S/c1-8-4-5-11(14-10(3)16)6-12(8)19(17,18)13-7-9(2)15/h4-6,9,13,15H,7H2,1-3H3,(H,14,16)/t9-/m0/s1. The fourth-order valence-corrected chi connectivity index (χ4v) is 2.87. The summed E-state index contributed by atoms with van der Waals surface area (Å²) >= 11 is 0. The van der Waals surface area contributed by atoms with E-state index in [9.17, 15) is 13.2 Å². The van der Waals surface area contributed by atoms with Crippen LogP contribution in [0.25, 0.3) is 0 Å². The van der Waals surface area contributed by atoms with Crippen molar-refractivity contribution in [3.63, 3.8) is 0 Å². The summed E-state index contributed by atoms with van der Waals surface area (Å²) in [5, 5.41) is 11.7. The van der Waals surface area contributed by atoms with Gasteiger partial charge in [0.2, 0.25) is 15.9 Å². The van der Waals surface area contributed by atoms with Crippen molar-refractivity contribution in [3.8, 4) is 0 Å². The van der Waals surface area contributed by atoms with Crippen molar-refractivity contribution in [2.75, 3.05) is 11.9 Å². The summed E-state index contributed by atoms with van der Waals surface area (Å²) < 4.78 is 26.4. The lowest BCUT2D eigenvalue weighted by atomic mass is 10.2. The number of anilines is 1. The maximum absolute atomic E-state index is 12.1. The number of aliphatic hydroxyl groups excluding tert-OH is 1. The van der Waals surface area contributed by atoms with Gasteiger partial charge in [0.1, 0.15) is 0 Å². The summed E-state index contributed by atoms with van der Waals surface area (Å²) in [7, 11) is -3.71. The highest BCUT2D eigenvalue weighted by Gasteiger charge is 2.17. The van der Waals surface area contributed by atoms with Gasteiger partial charge in [0.05, 0.1) is 11.0 Å². The van der Waals surface area contributed by atoms with E-state index in [0.29, 0.717) is 11.3 Å². The monoisotopic (exact) mass is 286 g/mol. The van der Waals surface area contributed by atoms with E-state index in [0.717, 1.165) is 0 Å². The topological polar surface area (TPSA) is 95.5 Å². The van der Waals surface area contributed by atoms with Crippen LogP contribution in [0.1, 0.15) is 19.4 Å². The summed E-state index contributed by atoms with van der Waals surface area (Å²) in [5.74, 6) is -0.274. The van der Waals surface area contributed by atoms with Crippen molar-refractivity contribution >= 4 is 21.6 Å². The number of carbonyl (C=O) groups excluding carboxylic acids is 1. The zero-order valence-corrected chi connectivity index (χ0v) is 11.9. The van der Waals surface area contributed by atoms with Gasteiger partial charge in [0.25, 0.3) is 0 Å². The van der Waals surface area contributed by atoms with Gasteiger partial charge in [-0.2, -0.15) is 0 Å². The van der Waals surface area contributed by atoms with Crippen LogP contribution in [0.3, 0.4) is 0 Å². The highest BCUT2D eigenvalue weighted by molar-refractivity contribution is 7.89. The first-order valence-corrected chi connectivity index (χ1v) is 7.26.